The van der Waals surface area contributed by atoms with Crippen LogP contribution in [0.25, 0.3) is 18.2 Å². The molecule has 0 spiro atoms. The minimum Gasteiger partial charge on any atom is -0.508 e. The molecular formula is C27H27NO7. The van der Waals surface area contributed by atoms with Gasteiger partial charge in [0.25, 0.3) is 0 Å². The van der Waals surface area contributed by atoms with E-state index in [1.807, 2.05) is 6.08 Å². The van der Waals surface area contributed by atoms with Crippen LogP contribution in [0.4, 0.5) is 5.69 Å². The van der Waals surface area contributed by atoms with Crippen LogP contribution in [-0.2, 0) is 4.79 Å². The molecule has 0 aromatic heterocycles. The number of ether oxygens (including phenoxy) is 4. The van der Waals surface area contributed by atoms with E-state index < -0.39 is 5.91 Å². The molecule has 3 aromatic rings. The Morgan fingerprint density at radius 2 is 1.34 bits per heavy atom. The van der Waals surface area contributed by atoms with E-state index in [0.717, 1.165) is 5.56 Å². The minimum absolute atomic E-state index is 0.0986. The van der Waals surface area contributed by atoms with Crippen molar-refractivity contribution < 1.29 is 34.0 Å². The normalized spacial score (nSPS) is 11.0. The van der Waals surface area contributed by atoms with E-state index in [0.29, 0.717) is 28.4 Å². The van der Waals surface area contributed by atoms with E-state index in [-0.39, 0.29) is 22.9 Å². The minimum atomic E-state index is -0.462. The van der Waals surface area contributed by atoms with Crippen molar-refractivity contribution in [3.05, 3.63) is 71.3 Å². The summed E-state index contributed by atoms with van der Waals surface area (Å²) in [5.74, 6) is 1.16. The van der Waals surface area contributed by atoms with Gasteiger partial charge in [-0.05, 0) is 59.2 Å². The number of phenols is 2. The highest BCUT2D eigenvalue weighted by molar-refractivity contribution is 6.03. The second-order valence-corrected chi connectivity index (χ2v) is 7.33. The lowest BCUT2D eigenvalue weighted by Gasteiger charge is -2.13. The van der Waals surface area contributed by atoms with Gasteiger partial charge in [-0.25, -0.2) is 0 Å². The first kappa shape index (κ1) is 25.0. The molecular weight excluding hydrogens is 450 g/mol. The van der Waals surface area contributed by atoms with Crippen LogP contribution >= 0.6 is 0 Å². The zero-order chi connectivity index (χ0) is 25.4. The first-order chi connectivity index (χ1) is 16.9. The van der Waals surface area contributed by atoms with Crippen molar-refractivity contribution >= 4 is 29.8 Å². The Morgan fingerprint density at radius 3 is 1.91 bits per heavy atom. The summed E-state index contributed by atoms with van der Waals surface area (Å²) in [5.41, 5.74) is 2.29. The lowest BCUT2D eigenvalue weighted by molar-refractivity contribution is -0.111. The highest BCUT2D eigenvalue weighted by Gasteiger charge is 2.13. The summed E-state index contributed by atoms with van der Waals surface area (Å²) in [6.45, 7) is 0. The number of aromatic hydroxyl groups is 2. The van der Waals surface area contributed by atoms with Gasteiger partial charge in [-0.3, -0.25) is 4.79 Å². The number of carbonyl (C=O) groups excluding carboxylic acids is 1. The van der Waals surface area contributed by atoms with Gasteiger partial charge in [-0.2, -0.15) is 0 Å². The van der Waals surface area contributed by atoms with Crippen molar-refractivity contribution in [3.8, 4) is 34.5 Å². The number of anilines is 1. The van der Waals surface area contributed by atoms with E-state index in [1.165, 1.54) is 26.4 Å². The number of carbonyl (C=O) groups is 1. The first-order valence-corrected chi connectivity index (χ1v) is 10.6. The van der Waals surface area contributed by atoms with Crippen LogP contribution in [0.3, 0.4) is 0 Å². The summed E-state index contributed by atoms with van der Waals surface area (Å²) in [6.07, 6.45) is 6.47. The molecule has 0 saturated carbocycles. The molecule has 0 saturated heterocycles. The molecule has 0 aliphatic carbocycles. The molecule has 0 fully saturated rings. The van der Waals surface area contributed by atoms with Crippen LogP contribution in [0.15, 0.2) is 54.6 Å². The number of phenolic OH excluding ortho intramolecular Hbond substituents is 2. The second-order valence-electron chi connectivity index (χ2n) is 7.33. The molecule has 35 heavy (non-hydrogen) atoms. The van der Waals surface area contributed by atoms with Gasteiger partial charge in [0.2, 0.25) is 11.7 Å². The van der Waals surface area contributed by atoms with Crippen molar-refractivity contribution in [3.63, 3.8) is 0 Å². The van der Waals surface area contributed by atoms with Gasteiger partial charge >= 0.3 is 0 Å². The van der Waals surface area contributed by atoms with Crippen molar-refractivity contribution in [2.75, 3.05) is 33.8 Å². The molecule has 0 radical (unpaired) electrons. The maximum absolute atomic E-state index is 12.4. The fourth-order valence-electron chi connectivity index (χ4n) is 3.34. The van der Waals surface area contributed by atoms with Gasteiger partial charge in [0.1, 0.15) is 5.75 Å². The molecule has 3 rings (SSSR count). The third-order valence-corrected chi connectivity index (χ3v) is 5.03. The van der Waals surface area contributed by atoms with Crippen molar-refractivity contribution in [1.82, 2.24) is 0 Å². The number of rotatable bonds is 9. The van der Waals surface area contributed by atoms with Gasteiger partial charge in [0.05, 0.1) is 34.1 Å². The average molecular weight is 478 g/mol. The number of hydrogen-bond acceptors (Lipinski definition) is 7. The highest BCUT2D eigenvalue weighted by atomic mass is 16.5. The fourth-order valence-corrected chi connectivity index (χ4v) is 3.34. The summed E-state index contributed by atoms with van der Waals surface area (Å²) in [6, 6.07) is 13.3. The maximum Gasteiger partial charge on any atom is 0.248 e. The molecule has 182 valence electrons. The molecule has 1 amide bonds. The Balaban J connectivity index is 1.87. The smallest absolute Gasteiger partial charge is 0.248 e. The van der Waals surface area contributed by atoms with Crippen LogP contribution in [0.2, 0.25) is 0 Å². The summed E-state index contributed by atoms with van der Waals surface area (Å²) < 4.78 is 21.4. The van der Waals surface area contributed by atoms with Crippen molar-refractivity contribution in [1.29, 1.82) is 0 Å². The molecule has 0 bridgehead atoms. The van der Waals surface area contributed by atoms with Crippen molar-refractivity contribution in [2.45, 2.75) is 0 Å². The van der Waals surface area contributed by atoms with Crippen LogP contribution in [-0.4, -0.2) is 44.6 Å². The number of hydrogen-bond donors (Lipinski definition) is 3. The Kier molecular flexibility index (Phi) is 8.24. The zero-order valence-corrected chi connectivity index (χ0v) is 19.9. The lowest BCUT2D eigenvalue weighted by atomic mass is 10.1. The molecule has 0 heterocycles. The molecule has 0 atom stereocenters. The van der Waals surface area contributed by atoms with Gasteiger partial charge < -0.3 is 34.5 Å². The van der Waals surface area contributed by atoms with E-state index in [9.17, 15) is 15.0 Å². The maximum atomic E-state index is 12.4. The van der Waals surface area contributed by atoms with Gasteiger partial charge in [-0.15, -0.1) is 0 Å². The monoisotopic (exact) mass is 477 g/mol. The van der Waals surface area contributed by atoms with Gasteiger partial charge in [0, 0.05) is 6.08 Å². The second kappa shape index (κ2) is 11.5. The molecule has 0 aliphatic heterocycles. The third-order valence-electron chi connectivity index (χ3n) is 5.03. The predicted octanol–water partition coefficient (Wildman–Crippen LogP) is 4.95. The average Bonchev–Trinajstić information content (AvgIpc) is 2.87. The molecule has 0 aliphatic rings. The van der Waals surface area contributed by atoms with E-state index in [2.05, 4.69) is 5.32 Å². The fraction of sp³-hybridized carbons (Fsp3) is 0.148. The van der Waals surface area contributed by atoms with E-state index >= 15 is 0 Å². The molecule has 8 heteroatoms. The summed E-state index contributed by atoms with van der Waals surface area (Å²) >= 11 is 0. The molecule has 8 nitrogen and oxygen atoms in total. The Labute approximate surface area is 203 Å². The Morgan fingerprint density at radius 1 is 0.743 bits per heavy atom. The predicted molar refractivity (Wildman–Crippen MR) is 135 cm³/mol. The summed E-state index contributed by atoms with van der Waals surface area (Å²) in [7, 11) is 6.04. The third kappa shape index (κ3) is 6.26. The van der Waals surface area contributed by atoms with E-state index in [1.54, 1.807) is 68.8 Å². The van der Waals surface area contributed by atoms with Gasteiger partial charge in [0.15, 0.2) is 23.0 Å². The van der Waals surface area contributed by atoms with Crippen molar-refractivity contribution in [2.24, 2.45) is 0 Å². The summed E-state index contributed by atoms with van der Waals surface area (Å²) in [4.78, 5) is 12.4. The SMILES string of the molecule is COc1cc(/C=C/c2cc(OC)c(OC)c(OC)c2)cc(NC(=O)/C=C/c2cccc(O)c2)c1O. The Bertz CT molecular complexity index is 1240. The number of benzene rings is 3. The van der Waals surface area contributed by atoms with Crippen LogP contribution in [0, 0.1) is 0 Å². The lowest BCUT2D eigenvalue weighted by Crippen LogP contribution is -2.08. The quantitative estimate of drug-likeness (QED) is 0.227. The largest absolute Gasteiger partial charge is 0.508 e. The van der Waals surface area contributed by atoms with E-state index in [4.69, 9.17) is 18.9 Å². The number of amides is 1. The zero-order valence-electron chi connectivity index (χ0n) is 19.9. The number of nitrogens with one attached hydrogen (secondary N) is 1. The van der Waals surface area contributed by atoms with Crippen LogP contribution in [0.5, 0.6) is 34.5 Å². The highest BCUT2D eigenvalue weighted by Crippen LogP contribution is 2.39. The van der Waals surface area contributed by atoms with Crippen LogP contribution < -0.4 is 24.3 Å². The first-order valence-electron chi connectivity index (χ1n) is 10.6. The summed E-state index contributed by atoms with van der Waals surface area (Å²) in [5, 5.41) is 22.7. The standard InChI is InChI=1S/C27H27NO7/c1-32-22-14-18(8-9-19-15-23(33-2)27(35-4)24(16-19)34-3)13-21(26(22)31)28-25(30)11-10-17-6-5-7-20(29)12-17/h5-16,29,31H,1-4H3,(H,28,30)/b9-8+,11-10+. The number of methoxy groups -OCH3 is 4. The topological polar surface area (TPSA) is 106 Å². The Hall–Kier alpha value is -4.59. The molecule has 0 unspecified atom stereocenters. The molecule has 3 N–H and O–H groups in total. The van der Waals surface area contributed by atoms with Gasteiger partial charge in [-0.1, -0.05) is 24.3 Å². The molecule has 3 aromatic carbocycles. The van der Waals surface area contributed by atoms with Crippen LogP contribution in [0.1, 0.15) is 16.7 Å².